The van der Waals surface area contributed by atoms with Crippen molar-refractivity contribution < 1.29 is 0 Å². The second-order valence-electron chi connectivity index (χ2n) is 2.58. The second-order valence-corrected chi connectivity index (χ2v) is 3.02. The van der Waals surface area contributed by atoms with Gasteiger partial charge in [0.25, 0.3) is 0 Å². The van der Waals surface area contributed by atoms with Gasteiger partial charge < -0.3 is 5.32 Å². The smallest absolute Gasteiger partial charge is 0.0655 e. The van der Waals surface area contributed by atoms with Crippen LogP contribution in [0.1, 0.15) is 5.56 Å². The lowest BCUT2D eigenvalue weighted by atomic mass is 10.1. The van der Waals surface area contributed by atoms with E-state index in [4.69, 9.17) is 11.6 Å². The van der Waals surface area contributed by atoms with Crippen molar-refractivity contribution in [2.75, 3.05) is 12.0 Å². The fourth-order valence-electron chi connectivity index (χ4n) is 1.22. The third kappa shape index (κ3) is 1.32. The number of rotatable bonds is 0. The van der Waals surface area contributed by atoms with Crippen LogP contribution in [0.3, 0.4) is 0 Å². The molecule has 0 radical (unpaired) electrons. The predicted octanol–water partition coefficient (Wildman–Crippen LogP) is 1.81. The van der Waals surface area contributed by atoms with Gasteiger partial charge in [-0.25, -0.2) is 0 Å². The van der Waals surface area contributed by atoms with E-state index in [1.165, 1.54) is 5.56 Å². The van der Waals surface area contributed by atoms with Crippen molar-refractivity contribution in [1.29, 1.82) is 0 Å². The zero-order valence-electron chi connectivity index (χ0n) is 6.02. The Morgan fingerprint density at radius 1 is 1.36 bits per heavy atom. The van der Waals surface area contributed by atoms with Gasteiger partial charge >= 0.3 is 0 Å². The largest absolute Gasteiger partial charge is 0.372 e. The third-order valence-electron chi connectivity index (χ3n) is 1.79. The molecule has 3 heteroatoms. The SMILES string of the molecule is Clc1ccc2c(c1)NCNC2. The summed E-state index contributed by atoms with van der Waals surface area (Å²) in [6.07, 6.45) is 0. The first-order valence-electron chi connectivity index (χ1n) is 3.59. The molecule has 1 aromatic carbocycles. The van der Waals surface area contributed by atoms with Crippen LogP contribution < -0.4 is 10.6 Å². The first kappa shape index (κ1) is 6.95. The summed E-state index contributed by atoms with van der Waals surface area (Å²) in [6, 6.07) is 5.91. The monoisotopic (exact) mass is 168 g/mol. The summed E-state index contributed by atoms with van der Waals surface area (Å²) in [6.45, 7) is 1.76. The highest BCUT2D eigenvalue weighted by atomic mass is 35.5. The minimum atomic E-state index is 0.790. The number of hydrogen-bond acceptors (Lipinski definition) is 2. The van der Waals surface area contributed by atoms with Gasteiger partial charge in [-0.1, -0.05) is 17.7 Å². The maximum Gasteiger partial charge on any atom is 0.0655 e. The van der Waals surface area contributed by atoms with Crippen molar-refractivity contribution in [2.45, 2.75) is 6.54 Å². The molecule has 0 aliphatic carbocycles. The first-order valence-corrected chi connectivity index (χ1v) is 3.97. The molecule has 1 heterocycles. The minimum absolute atomic E-state index is 0.790. The first-order chi connectivity index (χ1) is 5.36. The van der Waals surface area contributed by atoms with Crippen LogP contribution in [0.5, 0.6) is 0 Å². The Balaban J connectivity index is 2.43. The highest BCUT2D eigenvalue weighted by Crippen LogP contribution is 2.22. The van der Waals surface area contributed by atoms with Crippen molar-refractivity contribution in [2.24, 2.45) is 0 Å². The van der Waals surface area contributed by atoms with Crippen LogP contribution >= 0.6 is 11.6 Å². The lowest BCUT2D eigenvalue weighted by Crippen LogP contribution is -2.27. The molecule has 0 fully saturated rings. The van der Waals surface area contributed by atoms with Gasteiger partial charge in [0.15, 0.2) is 0 Å². The highest BCUT2D eigenvalue weighted by Gasteiger charge is 2.06. The fraction of sp³-hybridized carbons (Fsp3) is 0.250. The molecular formula is C8H9ClN2. The number of anilines is 1. The molecule has 1 aromatic rings. The minimum Gasteiger partial charge on any atom is -0.372 e. The number of hydrogen-bond donors (Lipinski definition) is 2. The normalized spacial score (nSPS) is 15.4. The zero-order valence-corrected chi connectivity index (χ0v) is 6.78. The van der Waals surface area contributed by atoms with E-state index in [1.807, 2.05) is 18.2 Å². The van der Waals surface area contributed by atoms with E-state index in [2.05, 4.69) is 10.6 Å². The molecule has 2 nitrogen and oxygen atoms in total. The third-order valence-corrected chi connectivity index (χ3v) is 2.03. The van der Waals surface area contributed by atoms with E-state index in [0.717, 1.165) is 23.9 Å². The number of nitrogens with one attached hydrogen (secondary N) is 2. The molecule has 58 valence electrons. The molecule has 0 aromatic heterocycles. The lowest BCUT2D eigenvalue weighted by Gasteiger charge is -2.18. The van der Waals surface area contributed by atoms with Crippen LogP contribution in [-0.2, 0) is 6.54 Å². The van der Waals surface area contributed by atoms with Gasteiger partial charge in [-0.3, -0.25) is 5.32 Å². The Labute approximate surface area is 70.6 Å². The van der Waals surface area contributed by atoms with Gasteiger partial charge in [0.2, 0.25) is 0 Å². The van der Waals surface area contributed by atoms with E-state index in [1.54, 1.807) is 0 Å². The summed E-state index contributed by atoms with van der Waals surface area (Å²) in [4.78, 5) is 0. The summed E-state index contributed by atoms with van der Waals surface area (Å²) in [5.74, 6) is 0. The average Bonchev–Trinajstić information content (AvgIpc) is 2.04. The van der Waals surface area contributed by atoms with E-state index in [-0.39, 0.29) is 0 Å². The van der Waals surface area contributed by atoms with Gasteiger partial charge in [-0.2, -0.15) is 0 Å². The fourth-order valence-corrected chi connectivity index (χ4v) is 1.39. The molecule has 11 heavy (non-hydrogen) atoms. The molecular weight excluding hydrogens is 160 g/mol. The van der Waals surface area contributed by atoms with E-state index in [9.17, 15) is 0 Å². The zero-order chi connectivity index (χ0) is 7.68. The Bertz CT molecular complexity index is 273. The molecule has 0 saturated carbocycles. The Hall–Kier alpha value is -0.730. The van der Waals surface area contributed by atoms with Crippen molar-refractivity contribution in [3.63, 3.8) is 0 Å². The maximum atomic E-state index is 5.82. The van der Waals surface area contributed by atoms with Gasteiger partial charge in [0, 0.05) is 17.3 Å². The topological polar surface area (TPSA) is 24.1 Å². The molecule has 1 aliphatic heterocycles. The second kappa shape index (κ2) is 2.72. The molecule has 0 spiro atoms. The number of benzene rings is 1. The van der Waals surface area contributed by atoms with Crippen molar-refractivity contribution in [3.8, 4) is 0 Å². The van der Waals surface area contributed by atoms with Crippen LogP contribution in [0.2, 0.25) is 5.02 Å². The van der Waals surface area contributed by atoms with Crippen molar-refractivity contribution in [3.05, 3.63) is 28.8 Å². The Morgan fingerprint density at radius 3 is 3.18 bits per heavy atom. The summed E-state index contributed by atoms with van der Waals surface area (Å²) in [5, 5.41) is 7.20. The summed E-state index contributed by atoms with van der Waals surface area (Å²) < 4.78 is 0. The average molecular weight is 169 g/mol. The van der Waals surface area contributed by atoms with Crippen LogP contribution in [0.4, 0.5) is 5.69 Å². The molecule has 0 saturated heterocycles. The Kier molecular flexibility index (Phi) is 1.72. The van der Waals surface area contributed by atoms with Gasteiger partial charge in [-0.15, -0.1) is 0 Å². The molecule has 0 bridgehead atoms. The van der Waals surface area contributed by atoms with Crippen LogP contribution in [0, 0.1) is 0 Å². The van der Waals surface area contributed by atoms with E-state index >= 15 is 0 Å². The molecule has 2 N–H and O–H groups in total. The number of halogens is 1. The van der Waals surface area contributed by atoms with Crippen molar-refractivity contribution >= 4 is 17.3 Å². The van der Waals surface area contributed by atoms with E-state index in [0.29, 0.717) is 0 Å². The molecule has 2 rings (SSSR count). The van der Waals surface area contributed by atoms with Crippen LogP contribution in [0.15, 0.2) is 18.2 Å². The molecule has 0 atom stereocenters. The van der Waals surface area contributed by atoms with E-state index < -0.39 is 0 Å². The lowest BCUT2D eigenvalue weighted by molar-refractivity contribution is 0.709. The molecule has 0 amide bonds. The number of fused-ring (bicyclic) bond motifs is 1. The quantitative estimate of drug-likeness (QED) is 0.618. The molecule has 1 aliphatic rings. The van der Waals surface area contributed by atoms with Gasteiger partial charge in [0.1, 0.15) is 0 Å². The highest BCUT2D eigenvalue weighted by molar-refractivity contribution is 6.30. The van der Waals surface area contributed by atoms with Crippen LogP contribution in [0.25, 0.3) is 0 Å². The summed E-state index contributed by atoms with van der Waals surface area (Å²) in [7, 11) is 0. The molecule has 0 unspecified atom stereocenters. The standard InChI is InChI=1S/C8H9ClN2/c9-7-2-1-6-4-10-5-11-8(6)3-7/h1-3,10-11H,4-5H2. The summed E-state index contributed by atoms with van der Waals surface area (Å²) >= 11 is 5.82. The van der Waals surface area contributed by atoms with Gasteiger partial charge in [-0.05, 0) is 17.7 Å². The van der Waals surface area contributed by atoms with Gasteiger partial charge in [0.05, 0.1) is 6.67 Å². The predicted molar refractivity (Wildman–Crippen MR) is 46.8 cm³/mol. The maximum absolute atomic E-state index is 5.82. The van der Waals surface area contributed by atoms with Crippen LogP contribution in [-0.4, -0.2) is 6.67 Å². The summed E-state index contributed by atoms with van der Waals surface area (Å²) in [5.41, 5.74) is 2.43. The Morgan fingerprint density at radius 2 is 2.27 bits per heavy atom. The van der Waals surface area contributed by atoms with Crippen molar-refractivity contribution in [1.82, 2.24) is 5.32 Å².